The van der Waals surface area contributed by atoms with Gasteiger partial charge < -0.3 is 15.6 Å². The SMILES string of the molecule is CNC(=O)c1ccnc2c([C@H](C)CNc3cc(-c4cnc(C)[nH]4)ncn3)cccc12. The molecule has 8 heteroatoms. The van der Waals surface area contributed by atoms with E-state index in [1.165, 1.54) is 6.33 Å². The fourth-order valence-corrected chi connectivity index (χ4v) is 3.45. The van der Waals surface area contributed by atoms with Crippen molar-refractivity contribution in [2.75, 3.05) is 18.9 Å². The number of para-hydroxylation sites is 1. The highest BCUT2D eigenvalue weighted by Gasteiger charge is 2.15. The second kappa shape index (κ2) is 8.28. The molecule has 0 saturated carbocycles. The van der Waals surface area contributed by atoms with Gasteiger partial charge in [-0.25, -0.2) is 15.0 Å². The van der Waals surface area contributed by atoms with Gasteiger partial charge in [-0.3, -0.25) is 9.78 Å². The first-order chi connectivity index (χ1) is 14.6. The van der Waals surface area contributed by atoms with Crippen LogP contribution in [0.1, 0.15) is 34.6 Å². The number of aromatic nitrogens is 5. The summed E-state index contributed by atoms with van der Waals surface area (Å²) in [7, 11) is 1.63. The average molecular weight is 401 g/mol. The van der Waals surface area contributed by atoms with Gasteiger partial charge in [0.2, 0.25) is 0 Å². The van der Waals surface area contributed by atoms with Crippen LogP contribution in [0.25, 0.3) is 22.3 Å². The maximum Gasteiger partial charge on any atom is 0.251 e. The second-order valence-corrected chi connectivity index (χ2v) is 7.13. The predicted molar refractivity (Wildman–Crippen MR) is 116 cm³/mol. The highest BCUT2D eigenvalue weighted by atomic mass is 16.1. The maximum absolute atomic E-state index is 12.2. The number of benzene rings is 1. The molecule has 8 nitrogen and oxygen atoms in total. The summed E-state index contributed by atoms with van der Waals surface area (Å²) >= 11 is 0. The molecule has 0 radical (unpaired) electrons. The molecule has 3 aromatic heterocycles. The number of nitrogens with one attached hydrogen (secondary N) is 3. The van der Waals surface area contributed by atoms with Crippen LogP contribution in [-0.2, 0) is 0 Å². The molecule has 1 atom stereocenters. The molecule has 3 N–H and O–H groups in total. The van der Waals surface area contributed by atoms with E-state index in [0.29, 0.717) is 12.1 Å². The van der Waals surface area contributed by atoms with E-state index in [2.05, 4.69) is 42.5 Å². The molecule has 1 amide bonds. The van der Waals surface area contributed by atoms with Crippen LogP contribution in [0.5, 0.6) is 0 Å². The van der Waals surface area contributed by atoms with Gasteiger partial charge in [0, 0.05) is 37.2 Å². The lowest BCUT2D eigenvalue weighted by Gasteiger charge is -2.16. The third-order valence-corrected chi connectivity index (χ3v) is 5.04. The number of imidazole rings is 1. The Morgan fingerprint density at radius 2 is 2.03 bits per heavy atom. The molecule has 4 rings (SSSR count). The van der Waals surface area contributed by atoms with Crippen molar-refractivity contribution in [3.05, 3.63) is 66.0 Å². The summed E-state index contributed by atoms with van der Waals surface area (Å²) in [5.74, 6) is 1.60. The van der Waals surface area contributed by atoms with Crippen LogP contribution in [0.3, 0.4) is 0 Å². The number of anilines is 1. The number of carbonyl (C=O) groups excluding carboxylic acids is 1. The monoisotopic (exact) mass is 401 g/mol. The third-order valence-electron chi connectivity index (χ3n) is 5.04. The van der Waals surface area contributed by atoms with E-state index in [1.807, 2.05) is 31.2 Å². The Hall–Kier alpha value is -3.81. The molecule has 152 valence electrons. The van der Waals surface area contributed by atoms with Crippen molar-refractivity contribution >= 4 is 22.6 Å². The van der Waals surface area contributed by atoms with Gasteiger partial charge in [0.25, 0.3) is 5.91 Å². The Balaban J connectivity index is 1.56. The van der Waals surface area contributed by atoms with Crippen molar-refractivity contribution in [1.82, 2.24) is 30.2 Å². The standard InChI is InChI=1S/C22H23N7O/c1-13(10-26-20-9-18(27-12-28-20)19-11-25-14(2)29-19)15-5-4-6-16-17(22(30)23-3)7-8-24-21(15)16/h4-9,11-13H,10H2,1-3H3,(H,23,30)(H,25,29)(H,26,27,28)/t13-/m1/s1. The molecule has 0 aliphatic rings. The molecular formula is C22H23N7O. The van der Waals surface area contributed by atoms with Crippen LogP contribution in [0.4, 0.5) is 5.82 Å². The number of carbonyl (C=O) groups is 1. The van der Waals surface area contributed by atoms with Gasteiger partial charge in [-0.1, -0.05) is 25.1 Å². The largest absolute Gasteiger partial charge is 0.369 e. The van der Waals surface area contributed by atoms with Crippen molar-refractivity contribution < 1.29 is 4.79 Å². The molecule has 0 fully saturated rings. The lowest BCUT2D eigenvalue weighted by Crippen LogP contribution is -2.18. The van der Waals surface area contributed by atoms with Gasteiger partial charge in [0.15, 0.2) is 0 Å². The predicted octanol–water partition coefficient (Wildman–Crippen LogP) is 3.30. The van der Waals surface area contributed by atoms with E-state index in [-0.39, 0.29) is 11.8 Å². The van der Waals surface area contributed by atoms with Gasteiger partial charge in [-0.15, -0.1) is 0 Å². The number of pyridine rings is 1. The molecule has 0 aliphatic heterocycles. The van der Waals surface area contributed by atoms with Crippen LogP contribution < -0.4 is 10.6 Å². The topological polar surface area (TPSA) is 108 Å². The number of fused-ring (bicyclic) bond motifs is 1. The molecule has 0 aliphatic carbocycles. The highest BCUT2D eigenvalue weighted by molar-refractivity contribution is 6.06. The van der Waals surface area contributed by atoms with Gasteiger partial charge >= 0.3 is 0 Å². The highest BCUT2D eigenvalue weighted by Crippen LogP contribution is 2.26. The summed E-state index contributed by atoms with van der Waals surface area (Å²) in [6.45, 7) is 4.68. The molecule has 3 heterocycles. The number of hydrogen-bond acceptors (Lipinski definition) is 6. The van der Waals surface area contributed by atoms with E-state index in [4.69, 9.17) is 0 Å². The van der Waals surface area contributed by atoms with Crippen LogP contribution in [0, 0.1) is 6.92 Å². The van der Waals surface area contributed by atoms with E-state index < -0.39 is 0 Å². The average Bonchev–Trinajstić information content (AvgIpc) is 3.22. The van der Waals surface area contributed by atoms with Gasteiger partial charge in [0.1, 0.15) is 18.0 Å². The molecule has 30 heavy (non-hydrogen) atoms. The number of hydrogen-bond donors (Lipinski definition) is 3. The Labute approximate surface area is 174 Å². The minimum atomic E-state index is -0.118. The van der Waals surface area contributed by atoms with Crippen LogP contribution in [0.15, 0.2) is 49.1 Å². The van der Waals surface area contributed by atoms with Crippen LogP contribution in [-0.4, -0.2) is 44.4 Å². The van der Waals surface area contributed by atoms with Crippen LogP contribution >= 0.6 is 0 Å². The molecule has 1 aromatic carbocycles. The molecule has 0 bridgehead atoms. The zero-order valence-electron chi connectivity index (χ0n) is 17.1. The number of aryl methyl sites for hydroxylation is 1. The Bertz CT molecular complexity index is 1200. The lowest BCUT2D eigenvalue weighted by molar-refractivity contribution is 0.0964. The zero-order chi connectivity index (χ0) is 21.1. The van der Waals surface area contributed by atoms with Crippen molar-refractivity contribution in [3.63, 3.8) is 0 Å². The summed E-state index contributed by atoms with van der Waals surface area (Å²) in [5, 5.41) is 6.92. The van der Waals surface area contributed by atoms with E-state index in [0.717, 1.165) is 39.5 Å². The second-order valence-electron chi connectivity index (χ2n) is 7.13. The zero-order valence-corrected chi connectivity index (χ0v) is 17.1. The number of rotatable bonds is 6. The van der Waals surface area contributed by atoms with Crippen molar-refractivity contribution in [3.8, 4) is 11.4 Å². The number of amides is 1. The summed E-state index contributed by atoms with van der Waals surface area (Å²) < 4.78 is 0. The summed E-state index contributed by atoms with van der Waals surface area (Å²) in [4.78, 5) is 32.8. The minimum Gasteiger partial charge on any atom is -0.369 e. The fraction of sp³-hybridized carbons (Fsp3) is 0.227. The minimum absolute atomic E-state index is 0.118. The number of H-pyrrole nitrogens is 1. The Morgan fingerprint density at radius 3 is 2.80 bits per heavy atom. The van der Waals surface area contributed by atoms with Crippen LogP contribution in [0.2, 0.25) is 0 Å². The fourth-order valence-electron chi connectivity index (χ4n) is 3.45. The molecule has 0 spiro atoms. The maximum atomic E-state index is 12.2. The van der Waals surface area contributed by atoms with Gasteiger partial charge in [-0.05, 0) is 18.6 Å². The van der Waals surface area contributed by atoms with Crippen molar-refractivity contribution in [2.45, 2.75) is 19.8 Å². The summed E-state index contributed by atoms with van der Waals surface area (Å²) in [6.07, 6.45) is 4.98. The number of aromatic amines is 1. The Kier molecular flexibility index (Phi) is 5.38. The Morgan fingerprint density at radius 1 is 1.17 bits per heavy atom. The van der Waals surface area contributed by atoms with Gasteiger partial charge in [-0.2, -0.15) is 0 Å². The molecule has 0 saturated heterocycles. The lowest BCUT2D eigenvalue weighted by atomic mass is 9.96. The normalized spacial score (nSPS) is 12.0. The first-order valence-corrected chi connectivity index (χ1v) is 9.74. The summed E-state index contributed by atoms with van der Waals surface area (Å²) in [6, 6.07) is 9.58. The smallest absolute Gasteiger partial charge is 0.251 e. The van der Waals surface area contributed by atoms with E-state index in [9.17, 15) is 4.79 Å². The van der Waals surface area contributed by atoms with E-state index >= 15 is 0 Å². The quantitative estimate of drug-likeness (QED) is 0.457. The first kappa shape index (κ1) is 19.5. The summed E-state index contributed by atoms with van der Waals surface area (Å²) in [5.41, 5.74) is 4.17. The molecular weight excluding hydrogens is 378 g/mol. The third kappa shape index (κ3) is 3.84. The van der Waals surface area contributed by atoms with Gasteiger partial charge in [0.05, 0.1) is 28.7 Å². The van der Waals surface area contributed by atoms with Crippen molar-refractivity contribution in [2.24, 2.45) is 0 Å². The first-order valence-electron chi connectivity index (χ1n) is 9.74. The van der Waals surface area contributed by atoms with E-state index in [1.54, 1.807) is 25.5 Å². The molecule has 0 unspecified atom stereocenters. The number of nitrogens with zero attached hydrogens (tertiary/aromatic N) is 4. The van der Waals surface area contributed by atoms with Crippen molar-refractivity contribution in [1.29, 1.82) is 0 Å². The molecule has 4 aromatic rings.